The maximum atomic E-state index is 11.1. The molecule has 0 N–H and O–H groups in total. The predicted molar refractivity (Wildman–Crippen MR) is 55.2 cm³/mol. The van der Waals surface area contributed by atoms with Gasteiger partial charge in [-0.2, -0.15) is 9.59 Å². The predicted octanol–water partition coefficient (Wildman–Crippen LogP) is 0.896. The molecule has 17 heavy (non-hydrogen) atoms. The lowest BCUT2D eigenvalue weighted by Crippen LogP contribution is -1.96. The van der Waals surface area contributed by atoms with Crippen LogP contribution in [-0.4, -0.2) is 25.2 Å². The van der Waals surface area contributed by atoms with Crippen molar-refractivity contribution in [2.24, 2.45) is 4.99 Å². The summed E-state index contributed by atoms with van der Waals surface area (Å²) in [6, 6.07) is 4.85. The fourth-order valence-corrected chi connectivity index (χ4v) is 1.06. The Balaban J connectivity index is 0.000000770. The highest BCUT2D eigenvalue weighted by Gasteiger charge is 2.06. The Labute approximate surface area is 96.9 Å². The number of rotatable bonds is 2. The topological polar surface area (TPSA) is 89.9 Å². The van der Waals surface area contributed by atoms with Crippen LogP contribution in [0.5, 0.6) is 5.75 Å². The molecule has 88 valence electrons. The van der Waals surface area contributed by atoms with Crippen molar-refractivity contribution in [3.05, 3.63) is 29.3 Å². The number of amides is 1. The molecule has 0 aliphatic carbocycles. The quantitative estimate of drug-likeness (QED) is 0.561. The average molecular weight is 235 g/mol. The number of aliphatic imine (C=N–C) groups is 1. The summed E-state index contributed by atoms with van der Waals surface area (Å²) in [6.07, 6.45) is 1.45. The fourth-order valence-electron chi connectivity index (χ4n) is 1.06. The van der Waals surface area contributed by atoms with Crippen molar-refractivity contribution >= 4 is 18.1 Å². The van der Waals surface area contributed by atoms with Crippen molar-refractivity contribution in [2.45, 2.75) is 6.92 Å². The zero-order valence-electron chi connectivity index (χ0n) is 9.22. The lowest BCUT2D eigenvalue weighted by molar-refractivity contribution is -0.191. The average Bonchev–Trinajstić information content (AvgIpc) is 2.31. The molecule has 1 rings (SSSR count). The van der Waals surface area contributed by atoms with E-state index in [2.05, 4.69) is 4.99 Å². The number of hydrogen-bond donors (Lipinski definition) is 0. The summed E-state index contributed by atoms with van der Waals surface area (Å²) < 4.78 is 5.02. The second kappa shape index (κ2) is 7.70. The first kappa shape index (κ1) is 14.5. The molecule has 0 aliphatic heterocycles. The van der Waals surface area contributed by atoms with E-state index >= 15 is 0 Å². The molecule has 1 aromatic carbocycles. The highest BCUT2D eigenvalue weighted by molar-refractivity contribution is 5.97. The van der Waals surface area contributed by atoms with Crippen molar-refractivity contribution in [3.8, 4) is 5.75 Å². The normalized spacial score (nSPS) is 7.88. The zero-order chi connectivity index (χ0) is 13.3. The van der Waals surface area contributed by atoms with Crippen LogP contribution in [0, 0.1) is 6.92 Å². The molecule has 0 heterocycles. The van der Waals surface area contributed by atoms with Crippen LogP contribution in [0.3, 0.4) is 0 Å². The van der Waals surface area contributed by atoms with Crippen LogP contribution in [0.15, 0.2) is 23.2 Å². The molecular weight excluding hydrogens is 226 g/mol. The number of aryl methyl sites for hydroxylation is 1. The Morgan fingerprint density at radius 3 is 2.35 bits per heavy atom. The summed E-state index contributed by atoms with van der Waals surface area (Å²) in [7, 11) is 1.51. The van der Waals surface area contributed by atoms with E-state index in [0.29, 0.717) is 11.3 Å². The van der Waals surface area contributed by atoms with Crippen LogP contribution in [0.2, 0.25) is 0 Å². The standard InChI is InChI=1S/C10H9NO3.CO2/c1-7-3-4-8(5-9(7)14-2)10(13)11-6-12;2-1-3/h3-5H,1-2H3;. The Morgan fingerprint density at radius 2 is 1.88 bits per heavy atom. The number of nitrogens with zero attached hydrogens (tertiary/aromatic N) is 1. The van der Waals surface area contributed by atoms with E-state index in [0.717, 1.165) is 5.56 Å². The Hall–Kier alpha value is -2.55. The minimum Gasteiger partial charge on any atom is -0.496 e. The van der Waals surface area contributed by atoms with Crippen LogP contribution in [0.4, 0.5) is 0 Å². The first-order valence-corrected chi connectivity index (χ1v) is 4.36. The first-order chi connectivity index (χ1) is 8.10. The Kier molecular flexibility index (Phi) is 6.55. The molecule has 0 aliphatic rings. The molecule has 0 radical (unpaired) electrons. The van der Waals surface area contributed by atoms with E-state index in [1.165, 1.54) is 13.2 Å². The van der Waals surface area contributed by atoms with Crippen molar-refractivity contribution in [3.63, 3.8) is 0 Å². The van der Waals surface area contributed by atoms with Crippen molar-refractivity contribution in [2.75, 3.05) is 7.11 Å². The summed E-state index contributed by atoms with van der Waals surface area (Å²) in [5.74, 6) is -0.0183. The van der Waals surface area contributed by atoms with Gasteiger partial charge in [0.15, 0.2) is 0 Å². The smallest absolute Gasteiger partial charge is 0.373 e. The molecule has 6 nitrogen and oxygen atoms in total. The maximum absolute atomic E-state index is 11.1. The van der Waals surface area contributed by atoms with Gasteiger partial charge < -0.3 is 4.74 Å². The molecule has 0 aromatic heterocycles. The highest BCUT2D eigenvalue weighted by Crippen LogP contribution is 2.19. The monoisotopic (exact) mass is 235 g/mol. The number of carbonyl (C=O) groups excluding carboxylic acids is 4. The third-order valence-electron chi connectivity index (χ3n) is 1.80. The van der Waals surface area contributed by atoms with Crippen LogP contribution < -0.4 is 4.74 Å². The number of ether oxygens (including phenoxy) is 1. The van der Waals surface area contributed by atoms with Gasteiger partial charge in [0.1, 0.15) is 5.75 Å². The first-order valence-electron chi connectivity index (χ1n) is 4.36. The van der Waals surface area contributed by atoms with E-state index in [-0.39, 0.29) is 6.15 Å². The molecular formula is C11H9NO5. The van der Waals surface area contributed by atoms with Crippen molar-refractivity contribution in [1.82, 2.24) is 0 Å². The van der Waals surface area contributed by atoms with Gasteiger partial charge in [-0.1, -0.05) is 6.07 Å². The molecule has 0 saturated heterocycles. The molecule has 0 bridgehead atoms. The largest absolute Gasteiger partial charge is 0.496 e. The van der Waals surface area contributed by atoms with Gasteiger partial charge in [0.05, 0.1) is 7.11 Å². The van der Waals surface area contributed by atoms with Crippen LogP contribution >= 0.6 is 0 Å². The van der Waals surface area contributed by atoms with Crippen molar-refractivity contribution < 1.29 is 23.9 Å². The zero-order valence-corrected chi connectivity index (χ0v) is 9.22. The van der Waals surface area contributed by atoms with Gasteiger partial charge in [-0.05, 0) is 24.6 Å². The second-order valence-electron chi connectivity index (χ2n) is 2.78. The highest BCUT2D eigenvalue weighted by atomic mass is 16.5. The number of benzene rings is 1. The van der Waals surface area contributed by atoms with E-state index < -0.39 is 5.91 Å². The van der Waals surface area contributed by atoms with Gasteiger partial charge in [-0.15, -0.1) is 4.99 Å². The number of isocyanates is 1. The number of hydrogen-bond acceptors (Lipinski definition) is 5. The summed E-state index contributed by atoms with van der Waals surface area (Å²) in [5, 5.41) is 0. The summed E-state index contributed by atoms with van der Waals surface area (Å²) in [6.45, 7) is 1.86. The van der Waals surface area contributed by atoms with Gasteiger partial charge in [0, 0.05) is 5.56 Å². The summed E-state index contributed by atoms with van der Waals surface area (Å²) in [5.41, 5.74) is 1.23. The van der Waals surface area contributed by atoms with E-state index in [9.17, 15) is 9.59 Å². The molecule has 6 heteroatoms. The van der Waals surface area contributed by atoms with Crippen molar-refractivity contribution in [1.29, 1.82) is 0 Å². The fraction of sp³-hybridized carbons (Fsp3) is 0.182. The number of carbonyl (C=O) groups is 1. The SMILES string of the molecule is COc1cc(C(=O)N=C=O)ccc1C.O=C=O. The Bertz CT molecular complexity index is 483. The van der Waals surface area contributed by atoms with Gasteiger partial charge in [-0.25, -0.2) is 4.79 Å². The third-order valence-corrected chi connectivity index (χ3v) is 1.80. The van der Waals surface area contributed by atoms with Gasteiger partial charge >= 0.3 is 6.15 Å². The maximum Gasteiger partial charge on any atom is 0.373 e. The van der Waals surface area contributed by atoms with E-state index in [1.54, 1.807) is 18.2 Å². The molecule has 0 saturated carbocycles. The molecule has 1 amide bonds. The minimum atomic E-state index is -0.613. The van der Waals surface area contributed by atoms with Crippen LogP contribution in [-0.2, 0) is 14.4 Å². The summed E-state index contributed by atoms with van der Waals surface area (Å²) in [4.78, 5) is 40.3. The second-order valence-corrected chi connectivity index (χ2v) is 2.78. The molecule has 1 aromatic rings. The molecule has 0 fully saturated rings. The Morgan fingerprint density at radius 1 is 1.29 bits per heavy atom. The van der Waals surface area contributed by atoms with E-state index in [4.69, 9.17) is 14.3 Å². The van der Waals surface area contributed by atoms with Gasteiger partial charge in [0.25, 0.3) is 5.91 Å². The lowest BCUT2D eigenvalue weighted by Gasteiger charge is -2.04. The summed E-state index contributed by atoms with van der Waals surface area (Å²) >= 11 is 0. The van der Waals surface area contributed by atoms with Gasteiger partial charge in [0.2, 0.25) is 6.08 Å². The van der Waals surface area contributed by atoms with Crippen LogP contribution in [0.1, 0.15) is 15.9 Å². The lowest BCUT2D eigenvalue weighted by atomic mass is 10.1. The minimum absolute atomic E-state index is 0.250. The molecule has 0 atom stereocenters. The molecule has 0 unspecified atom stereocenters. The van der Waals surface area contributed by atoms with Gasteiger partial charge in [-0.3, -0.25) is 4.79 Å². The molecule has 0 spiro atoms. The third kappa shape index (κ3) is 4.66. The van der Waals surface area contributed by atoms with E-state index in [1.807, 2.05) is 6.92 Å². The number of methoxy groups -OCH3 is 1. The van der Waals surface area contributed by atoms with Crippen LogP contribution in [0.25, 0.3) is 0 Å².